The average molecular weight is 152 g/mol. The third-order valence-electron chi connectivity index (χ3n) is 1.33. The maximum atomic E-state index is 5.71. The molecule has 0 aromatic carbocycles. The number of nitrogen functional groups attached to an aromatic ring is 1. The van der Waals surface area contributed by atoms with Crippen LogP contribution in [0.3, 0.4) is 0 Å². The van der Waals surface area contributed by atoms with Gasteiger partial charge < -0.3 is 0 Å². The van der Waals surface area contributed by atoms with E-state index in [1.54, 1.807) is 6.20 Å². The van der Waals surface area contributed by atoms with E-state index in [1.165, 1.54) is 6.33 Å². The summed E-state index contributed by atoms with van der Waals surface area (Å²) in [6, 6.07) is 1.93. The van der Waals surface area contributed by atoms with Crippen LogP contribution < -0.4 is 5.14 Å². The van der Waals surface area contributed by atoms with Gasteiger partial charge in [0.15, 0.2) is 5.38 Å². The second-order valence-corrected chi connectivity index (χ2v) is 3.40. The van der Waals surface area contributed by atoms with E-state index >= 15 is 0 Å². The molecule has 0 aliphatic carbocycles. The van der Waals surface area contributed by atoms with Crippen LogP contribution in [-0.2, 0) is 0 Å². The van der Waals surface area contributed by atoms with Gasteiger partial charge in [-0.15, -0.1) is 5.14 Å². The Morgan fingerprint density at radius 2 is 2.40 bits per heavy atom. The van der Waals surface area contributed by atoms with Crippen LogP contribution >= 0.6 is 10.7 Å². The Kier molecular flexibility index (Phi) is 1.15. The van der Waals surface area contributed by atoms with Gasteiger partial charge in [-0.05, 0) is 0 Å². The number of hydrogen-bond donors (Lipinski definition) is 1. The first-order valence-corrected chi connectivity index (χ1v) is 4.19. The summed E-state index contributed by atoms with van der Waals surface area (Å²) in [5.41, 5.74) is 0.959. The molecule has 2 rings (SSSR count). The number of hydrogen-bond acceptors (Lipinski definition) is 3. The summed E-state index contributed by atoms with van der Waals surface area (Å²) in [4.78, 5) is 7.92. The predicted octanol–water partition coefficient (Wildman–Crippen LogP) is 1.09. The molecule has 0 spiro atoms. The van der Waals surface area contributed by atoms with Gasteiger partial charge >= 0.3 is 0 Å². The fourth-order valence-electron chi connectivity index (χ4n) is 0.844. The van der Waals surface area contributed by atoms with E-state index in [9.17, 15) is 0 Å². The van der Waals surface area contributed by atoms with Crippen molar-refractivity contribution >= 4 is 20.9 Å². The van der Waals surface area contributed by atoms with E-state index in [1.807, 2.05) is 11.4 Å². The molecule has 0 bridgehead atoms. The molecule has 0 fully saturated rings. The van der Waals surface area contributed by atoms with Crippen LogP contribution in [0.2, 0.25) is 0 Å². The maximum absolute atomic E-state index is 5.71. The highest BCUT2D eigenvalue weighted by Gasteiger charge is 2.07. The molecule has 3 nitrogen and oxygen atoms in total. The smallest absolute Gasteiger partial charge is 0.238 e. The highest BCUT2D eigenvalue weighted by atomic mass is 32.2. The lowest BCUT2D eigenvalue weighted by molar-refractivity contribution is 1.23. The Morgan fingerprint density at radius 1 is 1.50 bits per heavy atom. The van der Waals surface area contributed by atoms with Crippen LogP contribution in [0.4, 0.5) is 0 Å². The normalized spacial score (nSPS) is 12.3. The molecule has 0 aliphatic heterocycles. The minimum Gasteiger partial charge on any atom is -0.239 e. The van der Waals surface area contributed by atoms with Crippen LogP contribution in [0.5, 0.6) is 0 Å². The molecule has 2 aromatic rings. The minimum absolute atomic E-state index is 0.253. The van der Waals surface area contributed by atoms with Crippen LogP contribution in [-0.4, -0.2) is 9.97 Å². The fourth-order valence-corrected chi connectivity index (χ4v) is 1.81. The number of nitrogens with two attached hydrogens (primary N) is 1. The molecule has 1 unspecified atom stereocenters. The largest absolute Gasteiger partial charge is 0.239 e. The van der Waals surface area contributed by atoms with Crippen LogP contribution in [0.25, 0.3) is 10.2 Å². The van der Waals surface area contributed by atoms with Gasteiger partial charge in [-0.1, -0.05) is 0 Å². The summed E-state index contributed by atoms with van der Waals surface area (Å²) in [5, 5.41) is 7.65. The van der Waals surface area contributed by atoms with E-state index in [2.05, 4.69) is 9.97 Å². The van der Waals surface area contributed by atoms with Crippen molar-refractivity contribution in [3.63, 3.8) is 0 Å². The van der Waals surface area contributed by atoms with Gasteiger partial charge in [0.1, 0.15) is 11.8 Å². The van der Waals surface area contributed by atoms with Crippen LogP contribution in [0, 0.1) is 0 Å². The Bertz CT molecular complexity index is 355. The van der Waals surface area contributed by atoms with Gasteiger partial charge in [0.2, 0.25) is 4.70 Å². The molecule has 0 saturated heterocycles. The number of thiophene rings is 1. The van der Waals surface area contributed by atoms with E-state index in [-0.39, 0.29) is 10.7 Å². The molecule has 2 aromatic heterocycles. The highest BCUT2D eigenvalue weighted by molar-refractivity contribution is 7.35. The second kappa shape index (κ2) is 2.00. The molecule has 0 saturated carbocycles. The van der Waals surface area contributed by atoms with Crippen molar-refractivity contribution < 1.29 is 0 Å². The third kappa shape index (κ3) is 0.698. The van der Waals surface area contributed by atoms with Crippen molar-refractivity contribution in [3.8, 4) is 0 Å². The van der Waals surface area contributed by atoms with Gasteiger partial charge in [0.05, 0.1) is 16.9 Å². The zero-order valence-corrected chi connectivity index (χ0v) is 6.01. The number of nitrogens with zero attached hydrogens (tertiary/aromatic N) is 2. The summed E-state index contributed by atoms with van der Waals surface area (Å²) in [6.45, 7) is 0. The van der Waals surface area contributed by atoms with Gasteiger partial charge in [-0.25, -0.2) is 9.97 Å². The molecule has 50 valence electrons. The molecular weight excluding hydrogens is 146 g/mol. The van der Waals surface area contributed by atoms with Gasteiger partial charge in [-0.3, -0.25) is 0 Å². The predicted molar refractivity (Wildman–Crippen MR) is 42.2 cm³/mol. The van der Waals surface area contributed by atoms with E-state index < -0.39 is 0 Å². The molecule has 4 heteroatoms. The van der Waals surface area contributed by atoms with Gasteiger partial charge in [0.25, 0.3) is 0 Å². The zero-order chi connectivity index (χ0) is 6.97. The highest BCUT2D eigenvalue weighted by Crippen LogP contribution is 2.22. The molecule has 2 N–H and O–H groups in total. The summed E-state index contributed by atoms with van der Waals surface area (Å²) < 4.78 is 1.04. The maximum Gasteiger partial charge on any atom is 0.238 e. The van der Waals surface area contributed by atoms with Gasteiger partial charge in [0, 0.05) is 6.07 Å². The standard InChI is InChI=1S/C6H6N3S/c7-10-2-1-5-6(10)3-8-4-9-5/h1-4H,7H2/q+1. The van der Waals surface area contributed by atoms with E-state index in [0.717, 1.165) is 10.2 Å². The number of rotatable bonds is 0. The van der Waals surface area contributed by atoms with Crippen molar-refractivity contribution in [2.75, 3.05) is 5.14 Å². The first-order chi connectivity index (χ1) is 4.88. The number of aromatic nitrogens is 2. The van der Waals surface area contributed by atoms with Gasteiger partial charge in [-0.2, -0.15) is 0 Å². The Balaban J connectivity index is 2.93. The van der Waals surface area contributed by atoms with Crippen LogP contribution in [0.15, 0.2) is 24.0 Å². The third-order valence-corrected chi connectivity index (χ3v) is 2.59. The van der Waals surface area contributed by atoms with Crippen molar-refractivity contribution in [3.05, 3.63) is 24.0 Å². The van der Waals surface area contributed by atoms with E-state index in [4.69, 9.17) is 5.14 Å². The van der Waals surface area contributed by atoms with Crippen molar-refractivity contribution in [1.29, 1.82) is 0 Å². The lowest BCUT2D eigenvalue weighted by Gasteiger charge is -1.78. The molecule has 1 atom stereocenters. The average Bonchev–Trinajstić information content (AvgIpc) is 2.34. The molecule has 0 aliphatic rings. The summed E-state index contributed by atoms with van der Waals surface area (Å²) in [6.07, 6.45) is 3.30. The molecule has 0 radical (unpaired) electrons. The lowest BCUT2D eigenvalue weighted by Crippen LogP contribution is -1.78. The van der Waals surface area contributed by atoms with Crippen LogP contribution in [0.1, 0.15) is 0 Å². The summed E-state index contributed by atoms with van der Waals surface area (Å²) in [5.74, 6) is 0. The first-order valence-electron chi connectivity index (χ1n) is 2.83. The zero-order valence-electron chi connectivity index (χ0n) is 5.19. The molecular formula is C6H6N3S+. The minimum atomic E-state index is -0.253. The second-order valence-electron chi connectivity index (χ2n) is 1.95. The Hall–Kier alpha value is -1.00. The fraction of sp³-hybridized carbons (Fsp3) is 0. The molecule has 0 amide bonds. The molecule has 10 heavy (non-hydrogen) atoms. The Morgan fingerprint density at radius 3 is 3.20 bits per heavy atom. The van der Waals surface area contributed by atoms with Crippen molar-refractivity contribution in [2.24, 2.45) is 0 Å². The Labute approximate surface area is 60.6 Å². The molecule has 2 heterocycles. The SMILES string of the molecule is N[s+]1ccc2ncncc21. The lowest BCUT2D eigenvalue weighted by atomic mass is 10.5. The number of fused-ring (bicyclic) bond motifs is 1. The summed E-state index contributed by atoms with van der Waals surface area (Å²) in [7, 11) is -0.253. The summed E-state index contributed by atoms with van der Waals surface area (Å²) >= 11 is 0. The van der Waals surface area contributed by atoms with E-state index in [0.29, 0.717) is 0 Å². The quantitative estimate of drug-likeness (QED) is 0.575. The first kappa shape index (κ1) is 5.76. The van der Waals surface area contributed by atoms with Crippen molar-refractivity contribution in [2.45, 2.75) is 0 Å². The van der Waals surface area contributed by atoms with Crippen molar-refractivity contribution in [1.82, 2.24) is 9.97 Å². The topological polar surface area (TPSA) is 51.8 Å². The monoisotopic (exact) mass is 152 g/mol.